The summed E-state index contributed by atoms with van der Waals surface area (Å²) in [6, 6.07) is 0. The molecule has 0 unspecified atom stereocenters. The van der Waals surface area contributed by atoms with E-state index in [1.54, 1.807) is 0 Å². The summed E-state index contributed by atoms with van der Waals surface area (Å²) in [6.45, 7) is 6.40. The highest BCUT2D eigenvalue weighted by molar-refractivity contribution is 5.47. The molecule has 0 aromatic heterocycles. The largest absolute Gasteiger partial charge is 0.388 e. The van der Waals surface area contributed by atoms with Crippen molar-refractivity contribution >= 4 is 0 Å². The van der Waals surface area contributed by atoms with E-state index in [0.29, 0.717) is 0 Å². The summed E-state index contributed by atoms with van der Waals surface area (Å²) < 4.78 is 0. The Morgan fingerprint density at radius 1 is 1.20 bits per heavy atom. The van der Waals surface area contributed by atoms with Crippen molar-refractivity contribution in [3.05, 3.63) is 46.7 Å². The molecule has 0 saturated heterocycles. The van der Waals surface area contributed by atoms with Crippen LogP contribution in [0.4, 0.5) is 0 Å². The van der Waals surface area contributed by atoms with Gasteiger partial charge in [0.25, 0.3) is 0 Å². The van der Waals surface area contributed by atoms with Gasteiger partial charge < -0.3 is 5.32 Å². The van der Waals surface area contributed by atoms with E-state index in [1.165, 1.54) is 28.8 Å². The van der Waals surface area contributed by atoms with E-state index in [-0.39, 0.29) is 0 Å². The van der Waals surface area contributed by atoms with Gasteiger partial charge in [-0.15, -0.1) is 0 Å². The van der Waals surface area contributed by atoms with E-state index in [4.69, 9.17) is 0 Å². The molecule has 1 aliphatic rings. The van der Waals surface area contributed by atoms with Crippen LogP contribution in [0.15, 0.2) is 46.7 Å². The quantitative estimate of drug-likeness (QED) is 0.689. The number of allylic oxidation sites excluding steroid dienone is 6. The van der Waals surface area contributed by atoms with Gasteiger partial charge in [-0.05, 0) is 50.8 Å². The SMILES string of the molecule is CN/C(=C\C=C(C)C)C1=CCCC=C1C. The van der Waals surface area contributed by atoms with E-state index < -0.39 is 0 Å². The fraction of sp³-hybridized carbons (Fsp3) is 0.429. The molecule has 0 atom stereocenters. The zero-order valence-corrected chi connectivity index (χ0v) is 10.2. The van der Waals surface area contributed by atoms with Crippen LogP contribution in [-0.4, -0.2) is 7.05 Å². The van der Waals surface area contributed by atoms with Gasteiger partial charge in [0.2, 0.25) is 0 Å². The highest BCUT2D eigenvalue weighted by Crippen LogP contribution is 2.23. The molecule has 15 heavy (non-hydrogen) atoms. The molecule has 0 amide bonds. The highest BCUT2D eigenvalue weighted by Gasteiger charge is 2.07. The predicted molar refractivity (Wildman–Crippen MR) is 67.6 cm³/mol. The van der Waals surface area contributed by atoms with Crippen molar-refractivity contribution in [1.82, 2.24) is 5.32 Å². The summed E-state index contributed by atoms with van der Waals surface area (Å²) in [5.74, 6) is 0. The summed E-state index contributed by atoms with van der Waals surface area (Å²) in [4.78, 5) is 0. The summed E-state index contributed by atoms with van der Waals surface area (Å²) in [5, 5.41) is 3.26. The van der Waals surface area contributed by atoms with Gasteiger partial charge in [0.1, 0.15) is 0 Å². The Morgan fingerprint density at radius 3 is 2.40 bits per heavy atom. The Kier molecular flexibility index (Phi) is 4.41. The molecular formula is C14H21N. The van der Waals surface area contributed by atoms with E-state index in [9.17, 15) is 0 Å². The van der Waals surface area contributed by atoms with Crippen molar-refractivity contribution in [3.63, 3.8) is 0 Å². The molecule has 82 valence electrons. The fourth-order valence-corrected chi connectivity index (χ4v) is 1.68. The van der Waals surface area contributed by atoms with Crippen LogP contribution in [0.3, 0.4) is 0 Å². The average molecular weight is 203 g/mol. The number of nitrogens with one attached hydrogen (secondary N) is 1. The fourth-order valence-electron chi connectivity index (χ4n) is 1.68. The first kappa shape index (κ1) is 11.8. The number of rotatable bonds is 3. The number of hydrogen-bond acceptors (Lipinski definition) is 1. The van der Waals surface area contributed by atoms with Gasteiger partial charge in [-0.1, -0.05) is 23.8 Å². The lowest BCUT2D eigenvalue weighted by atomic mass is 9.96. The molecule has 1 nitrogen and oxygen atoms in total. The van der Waals surface area contributed by atoms with Crippen LogP contribution >= 0.6 is 0 Å². The van der Waals surface area contributed by atoms with Crippen LogP contribution in [0.1, 0.15) is 33.6 Å². The second-order valence-electron chi connectivity index (χ2n) is 4.16. The van der Waals surface area contributed by atoms with Crippen molar-refractivity contribution in [2.24, 2.45) is 0 Å². The van der Waals surface area contributed by atoms with Gasteiger partial charge in [-0.2, -0.15) is 0 Å². The third kappa shape index (κ3) is 3.43. The highest BCUT2D eigenvalue weighted by atomic mass is 14.8. The van der Waals surface area contributed by atoms with Crippen LogP contribution in [0.2, 0.25) is 0 Å². The molecule has 0 aromatic rings. The Hall–Kier alpha value is -1.24. The Bertz CT molecular complexity index is 336. The molecule has 1 aliphatic carbocycles. The Balaban J connectivity index is 2.93. The van der Waals surface area contributed by atoms with Gasteiger partial charge in [0.05, 0.1) is 0 Å². The Labute approximate surface area is 93.3 Å². The molecule has 0 saturated carbocycles. The van der Waals surface area contributed by atoms with Gasteiger partial charge in [-0.3, -0.25) is 0 Å². The van der Waals surface area contributed by atoms with E-state index >= 15 is 0 Å². The molecule has 1 heteroatoms. The van der Waals surface area contributed by atoms with E-state index in [2.05, 4.69) is 50.4 Å². The molecule has 0 heterocycles. The molecule has 0 aromatic carbocycles. The predicted octanol–water partition coefficient (Wildman–Crippen LogP) is 3.72. The maximum atomic E-state index is 3.26. The lowest BCUT2D eigenvalue weighted by molar-refractivity contribution is 0.944. The minimum Gasteiger partial charge on any atom is -0.388 e. The van der Waals surface area contributed by atoms with Crippen molar-refractivity contribution in [2.45, 2.75) is 33.6 Å². The summed E-state index contributed by atoms with van der Waals surface area (Å²) >= 11 is 0. The summed E-state index contributed by atoms with van der Waals surface area (Å²) in [7, 11) is 1.98. The molecule has 0 fully saturated rings. The molecular weight excluding hydrogens is 182 g/mol. The smallest absolute Gasteiger partial charge is 0.0410 e. The summed E-state index contributed by atoms with van der Waals surface area (Å²) in [6.07, 6.45) is 11.3. The first-order valence-electron chi connectivity index (χ1n) is 5.55. The lowest BCUT2D eigenvalue weighted by Gasteiger charge is -2.15. The van der Waals surface area contributed by atoms with Crippen molar-refractivity contribution in [3.8, 4) is 0 Å². The van der Waals surface area contributed by atoms with E-state index in [1.807, 2.05) is 7.05 Å². The minimum absolute atomic E-state index is 1.15. The third-order valence-corrected chi connectivity index (χ3v) is 2.53. The number of likely N-dealkylation sites (N-methyl/N-ethyl adjacent to an activating group) is 1. The van der Waals surface area contributed by atoms with Crippen LogP contribution < -0.4 is 5.32 Å². The molecule has 1 N–H and O–H groups in total. The van der Waals surface area contributed by atoms with Crippen LogP contribution in [0.25, 0.3) is 0 Å². The first-order valence-corrected chi connectivity index (χ1v) is 5.55. The molecule has 0 radical (unpaired) electrons. The maximum absolute atomic E-state index is 3.26. The molecule has 0 spiro atoms. The average Bonchev–Trinajstić information content (AvgIpc) is 2.21. The van der Waals surface area contributed by atoms with Gasteiger partial charge in [0.15, 0.2) is 0 Å². The molecule has 1 rings (SSSR count). The second-order valence-corrected chi connectivity index (χ2v) is 4.16. The van der Waals surface area contributed by atoms with Crippen molar-refractivity contribution in [1.29, 1.82) is 0 Å². The standard InChI is InChI=1S/C14H21N/c1-11(2)9-10-14(15-4)13-8-6-5-7-12(13)3/h7-10,15H,5-6H2,1-4H3/b14-10-. The van der Waals surface area contributed by atoms with Crippen LogP contribution in [0.5, 0.6) is 0 Å². The summed E-state index contributed by atoms with van der Waals surface area (Å²) in [5.41, 5.74) is 5.26. The maximum Gasteiger partial charge on any atom is 0.0410 e. The Morgan fingerprint density at radius 2 is 1.87 bits per heavy atom. The molecule has 0 bridgehead atoms. The first-order chi connectivity index (χ1) is 7.15. The normalized spacial score (nSPS) is 16.7. The third-order valence-electron chi connectivity index (χ3n) is 2.53. The minimum atomic E-state index is 1.15. The van der Waals surface area contributed by atoms with Crippen LogP contribution in [0, 0.1) is 0 Å². The molecule has 0 aliphatic heterocycles. The van der Waals surface area contributed by atoms with Gasteiger partial charge in [-0.25, -0.2) is 0 Å². The van der Waals surface area contributed by atoms with E-state index in [0.717, 1.165) is 6.42 Å². The van der Waals surface area contributed by atoms with Gasteiger partial charge in [0, 0.05) is 12.7 Å². The van der Waals surface area contributed by atoms with Crippen LogP contribution in [-0.2, 0) is 0 Å². The monoisotopic (exact) mass is 203 g/mol. The number of hydrogen-bond donors (Lipinski definition) is 1. The second kappa shape index (κ2) is 5.59. The lowest BCUT2D eigenvalue weighted by Crippen LogP contribution is -2.10. The zero-order valence-electron chi connectivity index (χ0n) is 10.2. The van der Waals surface area contributed by atoms with Crippen molar-refractivity contribution < 1.29 is 0 Å². The zero-order chi connectivity index (χ0) is 11.3. The van der Waals surface area contributed by atoms with Crippen molar-refractivity contribution in [2.75, 3.05) is 7.05 Å². The topological polar surface area (TPSA) is 12.0 Å². The van der Waals surface area contributed by atoms with Gasteiger partial charge >= 0.3 is 0 Å².